The Morgan fingerprint density at radius 1 is 1.32 bits per heavy atom. The fourth-order valence-electron chi connectivity index (χ4n) is 2.40. The first-order valence-corrected chi connectivity index (χ1v) is 8.20. The van der Waals surface area contributed by atoms with Crippen molar-refractivity contribution in [1.82, 2.24) is 10.0 Å². The van der Waals surface area contributed by atoms with E-state index in [1.54, 1.807) is 18.2 Å². The molecule has 0 heterocycles. The van der Waals surface area contributed by atoms with Gasteiger partial charge in [-0.3, -0.25) is 0 Å². The Morgan fingerprint density at radius 3 is 2.58 bits per heavy atom. The Kier molecular flexibility index (Phi) is 4.28. The molecule has 0 aliphatic heterocycles. The Bertz CT molecular complexity index is 536. The first kappa shape index (κ1) is 14.5. The highest BCUT2D eigenvalue weighted by Gasteiger charge is 2.29. The molecule has 1 aliphatic rings. The second-order valence-corrected chi connectivity index (χ2v) is 7.19. The second kappa shape index (κ2) is 5.61. The lowest BCUT2D eigenvalue weighted by Gasteiger charge is -2.32. The zero-order valence-electron chi connectivity index (χ0n) is 11.7. The average Bonchev–Trinajstić information content (AvgIpc) is 2.36. The minimum absolute atomic E-state index is 0.102. The van der Waals surface area contributed by atoms with Gasteiger partial charge in [0.1, 0.15) is 0 Å². The average molecular weight is 282 g/mol. The van der Waals surface area contributed by atoms with E-state index >= 15 is 0 Å². The quantitative estimate of drug-likeness (QED) is 0.869. The smallest absolute Gasteiger partial charge is 0.240 e. The maximum absolute atomic E-state index is 12.3. The van der Waals surface area contributed by atoms with E-state index in [1.165, 1.54) is 0 Å². The van der Waals surface area contributed by atoms with Gasteiger partial charge in [-0.15, -0.1) is 0 Å². The molecule has 1 aromatic rings. The maximum Gasteiger partial charge on any atom is 0.240 e. The molecule has 1 aromatic carbocycles. The predicted molar refractivity (Wildman–Crippen MR) is 76.4 cm³/mol. The molecule has 0 spiro atoms. The monoisotopic (exact) mass is 282 g/mol. The number of benzene rings is 1. The third-order valence-electron chi connectivity index (χ3n) is 3.80. The van der Waals surface area contributed by atoms with Gasteiger partial charge in [-0.25, -0.2) is 13.1 Å². The molecule has 2 N–H and O–H groups in total. The highest BCUT2D eigenvalue weighted by Crippen LogP contribution is 2.28. The molecule has 5 heteroatoms. The van der Waals surface area contributed by atoms with E-state index in [1.807, 2.05) is 20.0 Å². The standard InChI is InChI=1S/C14H22N2O2S/c1-10-7-13(8-10)16-19(17,18)14-6-4-5-12(9-14)11(2)15-3/h4-6,9-11,13,15-16H,7-8H2,1-3H3. The highest BCUT2D eigenvalue weighted by molar-refractivity contribution is 7.89. The van der Waals surface area contributed by atoms with E-state index < -0.39 is 10.0 Å². The van der Waals surface area contributed by atoms with E-state index in [0.29, 0.717) is 10.8 Å². The lowest BCUT2D eigenvalue weighted by molar-refractivity contribution is 0.270. The number of sulfonamides is 1. The van der Waals surface area contributed by atoms with E-state index in [-0.39, 0.29) is 12.1 Å². The van der Waals surface area contributed by atoms with Gasteiger partial charge in [0, 0.05) is 12.1 Å². The molecule has 1 fully saturated rings. The Balaban J connectivity index is 2.16. The lowest BCUT2D eigenvalue weighted by atomic mass is 9.83. The van der Waals surface area contributed by atoms with Crippen LogP contribution in [0.4, 0.5) is 0 Å². The molecule has 0 amide bonds. The van der Waals surface area contributed by atoms with Crippen LogP contribution in [0.25, 0.3) is 0 Å². The zero-order chi connectivity index (χ0) is 14.0. The molecule has 2 rings (SSSR count). The van der Waals surface area contributed by atoms with Crippen molar-refractivity contribution in [2.45, 2.75) is 43.7 Å². The van der Waals surface area contributed by atoms with Crippen molar-refractivity contribution < 1.29 is 8.42 Å². The van der Waals surface area contributed by atoms with Crippen molar-refractivity contribution in [2.75, 3.05) is 7.05 Å². The number of hydrogen-bond acceptors (Lipinski definition) is 3. The maximum atomic E-state index is 12.3. The number of rotatable bonds is 5. The molecular weight excluding hydrogens is 260 g/mol. The van der Waals surface area contributed by atoms with Crippen LogP contribution in [-0.2, 0) is 10.0 Å². The van der Waals surface area contributed by atoms with E-state index in [4.69, 9.17) is 0 Å². The molecular formula is C14H22N2O2S. The Morgan fingerprint density at radius 2 is 2.00 bits per heavy atom. The SMILES string of the molecule is CNC(C)c1cccc(S(=O)(=O)NC2CC(C)C2)c1. The molecule has 4 nitrogen and oxygen atoms in total. The van der Waals surface area contributed by atoms with Crippen molar-refractivity contribution >= 4 is 10.0 Å². The summed E-state index contributed by atoms with van der Waals surface area (Å²) in [6.45, 7) is 4.15. The minimum Gasteiger partial charge on any atom is -0.313 e. The zero-order valence-corrected chi connectivity index (χ0v) is 12.5. The number of nitrogens with one attached hydrogen (secondary N) is 2. The molecule has 0 saturated heterocycles. The third kappa shape index (κ3) is 3.35. The van der Waals surface area contributed by atoms with Gasteiger partial charge >= 0.3 is 0 Å². The van der Waals surface area contributed by atoms with E-state index in [2.05, 4.69) is 17.0 Å². The largest absolute Gasteiger partial charge is 0.313 e. The van der Waals surface area contributed by atoms with Crippen LogP contribution >= 0.6 is 0 Å². The summed E-state index contributed by atoms with van der Waals surface area (Å²) in [5.41, 5.74) is 0.979. The van der Waals surface area contributed by atoms with E-state index in [0.717, 1.165) is 18.4 Å². The normalized spacial score (nSPS) is 24.8. The summed E-state index contributed by atoms with van der Waals surface area (Å²) < 4.78 is 27.3. The molecule has 106 valence electrons. The first-order valence-electron chi connectivity index (χ1n) is 6.72. The fraction of sp³-hybridized carbons (Fsp3) is 0.571. The Labute approximate surface area is 115 Å². The van der Waals surface area contributed by atoms with Gasteiger partial charge in [0.2, 0.25) is 10.0 Å². The van der Waals surface area contributed by atoms with Crippen LogP contribution in [0.3, 0.4) is 0 Å². The molecule has 1 atom stereocenters. The summed E-state index contributed by atoms with van der Waals surface area (Å²) in [5, 5.41) is 3.11. The van der Waals surface area contributed by atoms with Crippen LogP contribution in [0.2, 0.25) is 0 Å². The van der Waals surface area contributed by atoms with Gasteiger partial charge in [-0.1, -0.05) is 19.1 Å². The van der Waals surface area contributed by atoms with Crippen LogP contribution in [0, 0.1) is 5.92 Å². The number of hydrogen-bond donors (Lipinski definition) is 2. The molecule has 0 radical (unpaired) electrons. The van der Waals surface area contributed by atoms with Gasteiger partial charge < -0.3 is 5.32 Å². The van der Waals surface area contributed by atoms with Gasteiger partial charge in [0.05, 0.1) is 4.90 Å². The second-order valence-electron chi connectivity index (χ2n) is 5.48. The van der Waals surface area contributed by atoms with Crippen molar-refractivity contribution in [2.24, 2.45) is 5.92 Å². The molecule has 0 bridgehead atoms. The lowest BCUT2D eigenvalue weighted by Crippen LogP contribution is -2.43. The fourth-order valence-corrected chi connectivity index (χ4v) is 3.72. The van der Waals surface area contributed by atoms with Gasteiger partial charge in [-0.05, 0) is 50.4 Å². The van der Waals surface area contributed by atoms with Crippen LogP contribution in [0.5, 0.6) is 0 Å². The summed E-state index contributed by atoms with van der Waals surface area (Å²) in [5.74, 6) is 0.628. The highest BCUT2D eigenvalue weighted by atomic mass is 32.2. The minimum atomic E-state index is -3.39. The van der Waals surface area contributed by atoms with Crippen LogP contribution < -0.4 is 10.0 Å². The van der Waals surface area contributed by atoms with Crippen LogP contribution in [0.15, 0.2) is 29.2 Å². The molecule has 1 unspecified atom stereocenters. The Hall–Kier alpha value is -0.910. The van der Waals surface area contributed by atoms with Gasteiger partial charge in [0.15, 0.2) is 0 Å². The van der Waals surface area contributed by atoms with Gasteiger partial charge in [0.25, 0.3) is 0 Å². The van der Waals surface area contributed by atoms with Crippen molar-refractivity contribution in [3.63, 3.8) is 0 Å². The third-order valence-corrected chi connectivity index (χ3v) is 5.32. The van der Waals surface area contributed by atoms with E-state index in [9.17, 15) is 8.42 Å². The topological polar surface area (TPSA) is 58.2 Å². The van der Waals surface area contributed by atoms with Crippen LogP contribution in [0.1, 0.15) is 38.3 Å². The summed E-state index contributed by atoms with van der Waals surface area (Å²) >= 11 is 0. The van der Waals surface area contributed by atoms with Gasteiger partial charge in [-0.2, -0.15) is 0 Å². The molecule has 1 saturated carbocycles. The summed E-state index contributed by atoms with van der Waals surface area (Å²) in [4.78, 5) is 0.353. The summed E-state index contributed by atoms with van der Waals surface area (Å²) in [7, 11) is -1.52. The molecule has 0 aromatic heterocycles. The van der Waals surface area contributed by atoms with Crippen molar-refractivity contribution in [3.05, 3.63) is 29.8 Å². The van der Waals surface area contributed by atoms with Crippen molar-refractivity contribution in [1.29, 1.82) is 0 Å². The summed E-state index contributed by atoms with van der Waals surface area (Å²) in [6.07, 6.45) is 1.87. The summed E-state index contributed by atoms with van der Waals surface area (Å²) in [6, 6.07) is 7.36. The molecule has 19 heavy (non-hydrogen) atoms. The van der Waals surface area contributed by atoms with Crippen molar-refractivity contribution in [3.8, 4) is 0 Å². The van der Waals surface area contributed by atoms with Crippen LogP contribution in [-0.4, -0.2) is 21.5 Å². The first-order chi connectivity index (χ1) is 8.92. The molecule has 1 aliphatic carbocycles. The predicted octanol–water partition coefficient (Wildman–Crippen LogP) is 2.04.